The van der Waals surface area contributed by atoms with Crippen molar-refractivity contribution in [2.75, 3.05) is 11.9 Å². The van der Waals surface area contributed by atoms with Gasteiger partial charge in [0.2, 0.25) is 0 Å². The smallest absolute Gasteiger partial charge is 0.265 e. The number of aliphatic hydroxyl groups is 1. The van der Waals surface area contributed by atoms with Gasteiger partial charge in [-0.15, -0.1) is 11.3 Å². The van der Waals surface area contributed by atoms with Gasteiger partial charge in [0, 0.05) is 10.6 Å². The number of anilines is 1. The highest BCUT2D eigenvalue weighted by Crippen LogP contribution is 2.19. The maximum atomic E-state index is 13.5. The van der Waals surface area contributed by atoms with E-state index in [0.29, 0.717) is 10.6 Å². The third-order valence-electron chi connectivity index (χ3n) is 2.49. The number of thiophene rings is 1. The van der Waals surface area contributed by atoms with Gasteiger partial charge in [0.15, 0.2) is 0 Å². The van der Waals surface area contributed by atoms with Crippen LogP contribution in [0.1, 0.15) is 20.1 Å². The van der Waals surface area contributed by atoms with Crippen molar-refractivity contribution in [1.29, 1.82) is 0 Å². The first-order valence-electron chi connectivity index (χ1n) is 5.87. The molecule has 1 heterocycles. The molecule has 20 heavy (non-hydrogen) atoms. The number of hydrogen-bond acceptors (Lipinski definition) is 3. The Morgan fingerprint density at radius 1 is 1.40 bits per heavy atom. The molecule has 102 valence electrons. The van der Waals surface area contributed by atoms with Crippen molar-refractivity contribution >= 4 is 22.9 Å². The van der Waals surface area contributed by atoms with E-state index in [-0.39, 0.29) is 18.1 Å². The number of aliphatic hydroxyl groups excluding tert-OH is 1. The SMILES string of the molecule is Cc1ccc(C(=O)Nc2ccc(F)c(C#CCO)c2)s1. The van der Waals surface area contributed by atoms with Crippen LogP contribution in [0, 0.1) is 24.6 Å². The number of halogens is 1. The van der Waals surface area contributed by atoms with E-state index >= 15 is 0 Å². The summed E-state index contributed by atoms with van der Waals surface area (Å²) >= 11 is 1.39. The molecule has 1 aromatic heterocycles. The summed E-state index contributed by atoms with van der Waals surface area (Å²) < 4.78 is 13.5. The quantitative estimate of drug-likeness (QED) is 0.835. The average molecular weight is 289 g/mol. The van der Waals surface area contributed by atoms with Gasteiger partial charge in [-0.25, -0.2) is 4.39 Å². The van der Waals surface area contributed by atoms with Gasteiger partial charge in [-0.1, -0.05) is 11.8 Å². The van der Waals surface area contributed by atoms with E-state index in [1.165, 1.54) is 29.5 Å². The molecule has 0 unspecified atom stereocenters. The molecule has 0 radical (unpaired) electrons. The zero-order valence-corrected chi connectivity index (χ0v) is 11.6. The average Bonchev–Trinajstić information content (AvgIpc) is 2.86. The van der Waals surface area contributed by atoms with Crippen LogP contribution in [0.4, 0.5) is 10.1 Å². The fourth-order valence-corrected chi connectivity index (χ4v) is 2.35. The van der Waals surface area contributed by atoms with Crippen LogP contribution in [0.2, 0.25) is 0 Å². The molecule has 0 fully saturated rings. The Labute approximate surface area is 120 Å². The van der Waals surface area contributed by atoms with Gasteiger partial charge in [0.25, 0.3) is 5.91 Å². The normalized spacial score (nSPS) is 9.75. The fraction of sp³-hybridized carbons (Fsp3) is 0.133. The second-order valence-electron chi connectivity index (χ2n) is 4.02. The first-order chi connectivity index (χ1) is 9.60. The Hall–Kier alpha value is -2.16. The Morgan fingerprint density at radius 3 is 2.85 bits per heavy atom. The van der Waals surface area contributed by atoms with E-state index in [2.05, 4.69) is 17.2 Å². The molecule has 2 rings (SSSR count). The van der Waals surface area contributed by atoms with Gasteiger partial charge in [0.1, 0.15) is 12.4 Å². The molecule has 0 aliphatic heterocycles. The monoisotopic (exact) mass is 289 g/mol. The van der Waals surface area contributed by atoms with Crippen LogP contribution in [-0.4, -0.2) is 17.6 Å². The molecule has 0 saturated heterocycles. The molecule has 1 aromatic carbocycles. The molecule has 5 heteroatoms. The number of hydrogen-bond donors (Lipinski definition) is 2. The van der Waals surface area contributed by atoms with Crippen LogP contribution in [-0.2, 0) is 0 Å². The summed E-state index contributed by atoms with van der Waals surface area (Å²) in [5.74, 6) is 4.14. The number of nitrogens with one attached hydrogen (secondary N) is 1. The second kappa shape index (κ2) is 6.33. The summed E-state index contributed by atoms with van der Waals surface area (Å²) in [6.45, 7) is 1.58. The Morgan fingerprint density at radius 2 is 2.20 bits per heavy atom. The fourth-order valence-electron chi connectivity index (χ4n) is 1.58. The number of amides is 1. The molecule has 3 nitrogen and oxygen atoms in total. The number of benzene rings is 1. The number of aryl methyl sites for hydroxylation is 1. The minimum Gasteiger partial charge on any atom is -0.384 e. The predicted octanol–water partition coefficient (Wildman–Crippen LogP) is 2.79. The van der Waals surface area contributed by atoms with Gasteiger partial charge in [-0.05, 0) is 37.3 Å². The van der Waals surface area contributed by atoms with Crippen molar-refractivity contribution in [2.45, 2.75) is 6.92 Å². The summed E-state index contributed by atoms with van der Waals surface area (Å²) in [6, 6.07) is 7.75. The summed E-state index contributed by atoms with van der Waals surface area (Å²) in [5.41, 5.74) is 0.601. The van der Waals surface area contributed by atoms with Crippen LogP contribution in [0.25, 0.3) is 0 Å². The predicted molar refractivity (Wildman–Crippen MR) is 77.4 cm³/mol. The molecule has 0 saturated carbocycles. The van der Waals surface area contributed by atoms with Crippen LogP contribution in [0.5, 0.6) is 0 Å². The summed E-state index contributed by atoms with van der Waals surface area (Å²) in [7, 11) is 0. The first kappa shape index (κ1) is 14.3. The molecule has 2 N–H and O–H groups in total. The topological polar surface area (TPSA) is 49.3 Å². The van der Waals surface area contributed by atoms with Crippen LogP contribution in [0.15, 0.2) is 30.3 Å². The van der Waals surface area contributed by atoms with Gasteiger partial charge < -0.3 is 10.4 Å². The molecule has 0 atom stereocenters. The first-order valence-corrected chi connectivity index (χ1v) is 6.69. The van der Waals surface area contributed by atoms with Crippen molar-refractivity contribution < 1.29 is 14.3 Å². The highest BCUT2D eigenvalue weighted by atomic mass is 32.1. The minimum atomic E-state index is -0.490. The van der Waals surface area contributed by atoms with Crippen LogP contribution < -0.4 is 5.32 Å². The lowest BCUT2D eigenvalue weighted by Gasteiger charge is -2.04. The van der Waals surface area contributed by atoms with E-state index in [1.807, 2.05) is 13.0 Å². The van der Waals surface area contributed by atoms with Crippen molar-refractivity contribution in [3.8, 4) is 11.8 Å². The molecule has 0 spiro atoms. The molecule has 0 aliphatic rings. The Kier molecular flexibility index (Phi) is 4.51. The van der Waals surface area contributed by atoms with Gasteiger partial charge >= 0.3 is 0 Å². The summed E-state index contributed by atoms with van der Waals surface area (Å²) in [6.07, 6.45) is 0. The van der Waals surface area contributed by atoms with E-state index < -0.39 is 5.82 Å². The third-order valence-corrected chi connectivity index (χ3v) is 3.49. The molecular weight excluding hydrogens is 277 g/mol. The minimum absolute atomic E-state index is 0.138. The van der Waals surface area contributed by atoms with Crippen molar-refractivity contribution in [3.63, 3.8) is 0 Å². The highest BCUT2D eigenvalue weighted by Gasteiger charge is 2.09. The van der Waals surface area contributed by atoms with Crippen LogP contribution >= 0.6 is 11.3 Å². The lowest BCUT2D eigenvalue weighted by Crippen LogP contribution is -2.10. The second-order valence-corrected chi connectivity index (χ2v) is 5.31. The van der Waals surface area contributed by atoms with Gasteiger partial charge in [-0.3, -0.25) is 4.79 Å². The largest absolute Gasteiger partial charge is 0.384 e. The van der Waals surface area contributed by atoms with E-state index in [9.17, 15) is 9.18 Å². The van der Waals surface area contributed by atoms with Crippen molar-refractivity contribution in [1.82, 2.24) is 0 Å². The van der Waals surface area contributed by atoms with E-state index in [1.54, 1.807) is 6.07 Å². The van der Waals surface area contributed by atoms with E-state index in [0.717, 1.165) is 4.88 Å². The maximum Gasteiger partial charge on any atom is 0.265 e. The molecule has 0 aliphatic carbocycles. The Balaban J connectivity index is 2.19. The maximum absolute atomic E-state index is 13.5. The lowest BCUT2D eigenvalue weighted by atomic mass is 10.2. The van der Waals surface area contributed by atoms with E-state index in [4.69, 9.17) is 5.11 Å². The molecule has 1 amide bonds. The molecular formula is C15H12FNO2S. The summed E-state index contributed by atoms with van der Waals surface area (Å²) in [5, 5.41) is 11.3. The number of rotatable bonds is 2. The highest BCUT2D eigenvalue weighted by molar-refractivity contribution is 7.14. The number of carbonyl (C=O) groups excluding carboxylic acids is 1. The molecule has 0 bridgehead atoms. The standard InChI is InChI=1S/C15H12FNO2S/c1-10-4-7-14(20-10)15(19)17-12-5-6-13(16)11(9-12)3-2-8-18/h4-7,9,18H,8H2,1H3,(H,17,19). The van der Waals surface area contributed by atoms with Crippen LogP contribution in [0.3, 0.4) is 0 Å². The number of carbonyl (C=O) groups is 1. The zero-order valence-electron chi connectivity index (χ0n) is 10.7. The lowest BCUT2D eigenvalue weighted by molar-refractivity contribution is 0.103. The zero-order chi connectivity index (χ0) is 14.5. The molecule has 2 aromatic rings. The van der Waals surface area contributed by atoms with Crippen molar-refractivity contribution in [3.05, 3.63) is 51.5 Å². The third kappa shape index (κ3) is 3.44. The summed E-state index contributed by atoms with van der Waals surface area (Å²) in [4.78, 5) is 13.6. The van der Waals surface area contributed by atoms with Crippen molar-refractivity contribution in [2.24, 2.45) is 0 Å². The Bertz CT molecular complexity index is 697. The van der Waals surface area contributed by atoms with Gasteiger partial charge in [-0.2, -0.15) is 0 Å². The van der Waals surface area contributed by atoms with Gasteiger partial charge in [0.05, 0.1) is 10.4 Å².